The topological polar surface area (TPSA) is 66.5 Å². The number of hydrogen-bond donors (Lipinski definition) is 1. The second-order valence-electron chi connectivity index (χ2n) is 8.78. The van der Waals surface area contributed by atoms with Gasteiger partial charge in [-0.15, -0.1) is 11.8 Å². The molecule has 5 nitrogen and oxygen atoms in total. The van der Waals surface area contributed by atoms with Gasteiger partial charge in [0.15, 0.2) is 0 Å². The Labute approximate surface area is 193 Å². The van der Waals surface area contributed by atoms with E-state index in [-0.39, 0.29) is 23.7 Å². The van der Waals surface area contributed by atoms with Crippen molar-refractivity contribution in [3.05, 3.63) is 59.4 Å². The van der Waals surface area contributed by atoms with Crippen LogP contribution in [-0.2, 0) is 14.8 Å². The lowest BCUT2D eigenvalue weighted by Crippen LogP contribution is -2.44. The Morgan fingerprint density at radius 3 is 2.44 bits per heavy atom. The zero-order chi connectivity index (χ0) is 22.9. The van der Waals surface area contributed by atoms with Gasteiger partial charge in [0.1, 0.15) is 5.82 Å². The highest BCUT2D eigenvalue weighted by atomic mass is 32.2. The molecule has 8 heteroatoms. The van der Waals surface area contributed by atoms with Gasteiger partial charge in [-0.05, 0) is 66.6 Å². The number of sulfonamides is 1. The third-order valence-electron chi connectivity index (χ3n) is 6.34. The number of rotatable bonds is 5. The van der Waals surface area contributed by atoms with E-state index in [9.17, 15) is 17.6 Å². The van der Waals surface area contributed by atoms with Crippen LogP contribution in [0.1, 0.15) is 56.2 Å². The van der Waals surface area contributed by atoms with E-state index in [2.05, 4.69) is 19.2 Å². The number of thioether (sulfide) groups is 1. The van der Waals surface area contributed by atoms with Crippen molar-refractivity contribution < 1.29 is 17.6 Å². The molecule has 1 atom stereocenters. The highest BCUT2D eigenvalue weighted by molar-refractivity contribution is 7.99. The highest BCUT2D eigenvalue weighted by Gasteiger charge is 2.33. The van der Waals surface area contributed by atoms with Crippen LogP contribution in [-0.4, -0.2) is 37.5 Å². The van der Waals surface area contributed by atoms with Gasteiger partial charge >= 0.3 is 0 Å². The Morgan fingerprint density at radius 2 is 1.78 bits per heavy atom. The van der Waals surface area contributed by atoms with Gasteiger partial charge in [-0.2, -0.15) is 4.31 Å². The van der Waals surface area contributed by atoms with E-state index in [1.165, 1.54) is 16.4 Å². The van der Waals surface area contributed by atoms with E-state index >= 15 is 0 Å². The van der Waals surface area contributed by atoms with E-state index in [0.29, 0.717) is 36.7 Å². The summed E-state index contributed by atoms with van der Waals surface area (Å²) in [7, 11) is -3.57. The number of piperidine rings is 1. The van der Waals surface area contributed by atoms with Crippen molar-refractivity contribution in [2.75, 3.05) is 18.8 Å². The van der Waals surface area contributed by atoms with Crippen molar-refractivity contribution in [1.29, 1.82) is 0 Å². The minimum absolute atomic E-state index is 0.0737. The maximum Gasteiger partial charge on any atom is 0.243 e. The lowest BCUT2D eigenvalue weighted by atomic mass is 9.95. The van der Waals surface area contributed by atoms with Gasteiger partial charge in [0.25, 0.3) is 0 Å². The monoisotopic (exact) mass is 476 g/mol. The fourth-order valence-electron chi connectivity index (χ4n) is 4.34. The Bertz CT molecular complexity index is 1080. The second-order valence-corrected chi connectivity index (χ2v) is 11.9. The largest absolute Gasteiger partial charge is 0.349 e. The molecule has 0 bridgehead atoms. The van der Waals surface area contributed by atoms with Crippen LogP contribution in [0.2, 0.25) is 0 Å². The molecule has 1 amide bonds. The predicted molar refractivity (Wildman–Crippen MR) is 125 cm³/mol. The summed E-state index contributed by atoms with van der Waals surface area (Å²) in [5.74, 6) is 0.597. The molecule has 1 unspecified atom stereocenters. The maximum atomic E-state index is 13.7. The zero-order valence-corrected chi connectivity index (χ0v) is 20.0. The van der Waals surface area contributed by atoms with Gasteiger partial charge in [0.2, 0.25) is 15.9 Å². The number of carbonyl (C=O) groups excluding carboxylic acids is 1. The van der Waals surface area contributed by atoms with E-state index in [4.69, 9.17) is 0 Å². The third kappa shape index (κ3) is 4.87. The number of fused-ring (bicyclic) bond motifs is 1. The lowest BCUT2D eigenvalue weighted by Gasteiger charge is -2.32. The van der Waals surface area contributed by atoms with Crippen molar-refractivity contribution in [2.45, 2.75) is 54.9 Å². The molecule has 0 aromatic heterocycles. The summed E-state index contributed by atoms with van der Waals surface area (Å²) in [5, 5.41) is 3.09. The average molecular weight is 477 g/mol. The third-order valence-corrected chi connectivity index (χ3v) is 9.37. The molecule has 0 spiro atoms. The van der Waals surface area contributed by atoms with Crippen LogP contribution >= 0.6 is 11.8 Å². The summed E-state index contributed by atoms with van der Waals surface area (Å²) in [6, 6.07) is 11.6. The number of benzene rings is 2. The molecule has 172 valence electrons. The number of hydrogen-bond acceptors (Lipinski definition) is 4. The average Bonchev–Trinajstić information content (AvgIpc) is 2.79. The first-order valence-electron chi connectivity index (χ1n) is 11.1. The predicted octanol–water partition coefficient (Wildman–Crippen LogP) is 4.70. The Morgan fingerprint density at radius 1 is 1.09 bits per heavy atom. The standard InChI is InChI=1S/C24H29FN2O3S2/c1-16(2)17-3-6-20(7-4-17)32(29,30)27-12-9-18(10-13-27)24(28)26-22-11-14-31-23-8-5-19(25)15-21(22)23/h3-8,15-16,18,22H,9-14H2,1-2H3,(H,26,28). The van der Waals surface area contributed by atoms with E-state index in [1.807, 2.05) is 12.1 Å². The maximum absolute atomic E-state index is 13.7. The number of carbonyl (C=O) groups is 1. The summed E-state index contributed by atoms with van der Waals surface area (Å²) in [6.45, 7) is 4.78. The van der Waals surface area contributed by atoms with Gasteiger partial charge in [-0.3, -0.25) is 4.79 Å². The van der Waals surface area contributed by atoms with Gasteiger partial charge in [0.05, 0.1) is 10.9 Å². The summed E-state index contributed by atoms with van der Waals surface area (Å²) < 4.78 is 41.2. The van der Waals surface area contributed by atoms with Crippen LogP contribution in [0.15, 0.2) is 52.3 Å². The van der Waals surface area contributed by atoms with E-state index in [0.717, 1.165) is 28.2 Å². The summed E-state index contributed by atoms with van der Waals surface area (Å²) >= 11 is 1.68. The molecule has 2 aromatic carbocycles. The van der Waals surface area contributed by atoms with Crippen molar-refractivity contribution in [2.24, 2.45) is 5.92 Å². The Hall–Kier alpha value is -1.90. The van der Waals surface area contributed by atoms with Crippen LogP contribution < -0.4 is 5.32 Å². The van der Waals surface area contributed by atoms with Gasteiger partial charge < -0.3 is 5.32 Å². The van der Waals surface area contributed by atoms with Gasteiger partial charge in [-0.25, -0.2) is 12.8 Å². The highest BCUT2D eigenvalue weighted by Crippen LogP contribution is 2.37. The number of amides is 1. The number of nitrogens with one attached hydrogen (secondary N) is 1. The van der Waals surface area contributed by atoms with Crippen molar-refractivity contribution in [1.82, 2.24) is 9.62 Å². The van der Waals surface area contributed by atoms with Crippen LogP contribution in [0, 0.1) is 11.7 Å². The van der Waals surface area contributed by atoms with E-state index in [1.54, 1.807) is 30.0 Å². The van der Waals surface area contributed by atoms with Crippen LogP contribution in [0.4, 0.5) is 4.39 Å². The van der Waals surface area contributed by atoms with Crippen molar-refractivity contribution >= 4 is 27.7 Å². The summed E-state index contributed by atoms with van der Waals surface area (Å²) in [4.78, 5) is 14.2. The van der Waals surface area contributed by atoms with Crippen LogP contribution in [0.5, 0.6) is 0 Å². The fraction of sp³-hybridized carbons (Fsp3) is 0.458. The molecule has 32 heavy (non-hydrogen) atoms. The molecule has 2 aliphatic rings. The first kappa shape index (κ1) is 23.3. The molecular weight excluding hydrogens is 447 g/mol. The summed E-state index contributed by atoms with van der Waals surface area (Å²) in [5.41, 5.74) is 1.93. The van der Waals surface area contributed by atoms with Gasteiger partial charge in [0, 0.05) is 29.7 Å². The molecule has 1 fully saturated rings. The smallest absolute Gasteiger partial charge is 0.243 e. The fourth-order valence-corrected chi connectivity index (χ4v) is 6.91. The summed E-state index contributed by atoms with van der Waals surface area (Å²) in [6.07, 6.45) is 1.71. The van der Waals surface area contributed by atoms with Crippen molar-refractivity contribution in [3.8, 4) is 0 Å². The molecule has 2 aromatic rings. The molecular formula is C24H29FN2O3S2. The zero-order valence-electron chi connectivity index (χ0n) is 18.4. The molecule has 0 saturated carbocycles. The SMILES string of the molecule is CC(C)c1ccc(S(=O)(=O)N2CCC(C(=O)NC3CCSc4ccc(F)cc43)CC2)cc1. The molecule has 0 aliphatic carbocycles. The molecule has 2 aliphatic heterocycles. The number of nitrogens with zero attached hydrogens (tertiary/aromatic N) is 1. The first-order valence-corrected chi connectivity index (χ1v) is 13.5. The van der Waals surface area contributed by atoms with Gasteiger partial charge in [-0.1, -0.05) is 26.0 Å². The Kier molecular flexibility index (Phi) is 6.93. The minimum atomic E-state index is -3.57. The first-order chi connectivity index (χ1) is 15.3. The molecule has 4 rings (SSSR count). The lowest BCUT2D eigenvalue weighted by molar-refractivity contribution is -0.126. The van der Waals surface area contributed by atoms with Crippen LogP contribution in [0.25, 0.3) is 0 Å². The quantitative estimate of drug-likeness (QED) is 0.679. The number of halogens is 1. The van der Waals surface area contributed by atoms with Crippen molar-refractivity contribution in [3.63, 3.8) is 0 Å². The van der Waals surface area contributed by atoms with Crippen LogP contribution in [0.3, 0.4) is 0 Å². The molecule has 2 heterocycles. The normalized spacial score (nSPS) is 20.2. The Balaban J connectivity index is 1.37. The second kappa shape index (κ2) is 9.53. The molecule has 1 N–H and O–H groups in total. The molecule has 0 radical (unpaired) electrons. The minimum Gasteiger partial charge on any atom is -0.349 e. The van der Waals surface area contributed by atoms with E-state index < -0.39 is 10.0 Å². The molecule has 1 saturated heterocycles.